The second kappa shape index (κ2) is 11.1. The van der Waals surface area contributed by atoms with Gasteiger partial charge in [0.05, 0.1) is 7.11 Å². The number of aliphatic imine (C=N–C) groups is 1. The molecule has 0 atom stereocenters. The van der Waals surface area contributed by atoms with Crippen LogP contribution in [0.15, 0.2) is 53.5 Å². The third-order valence-corrected chi connectivity index (χ3v) is 5.05. The molecule has 1 heterocycles. The molecule has 0 amide bonds. The van der Waals surface area contributed by atoms with E-state index in [0.29, 0.717) is 19.0 Å². The van der Waals surface area contributed by atoms with Crippen molar-refractivity contribution < 1.29 is 9.13 Å². The van der Waals surface area contributed by atoms with E-state index in [4.69, 9.17) is 4.74 Å². The number of hydrogen-bond acceptors (Lipinski definition) is 4. The predicted molar refractivity (Wildman–Crippen MR) is 120 cm³/mol. The number of guanidine groups is 1. The fourth-order valence-electron chi connectivity index (χ4n) is 3.01. The Labute approximate surface area is 182 Å². The van der Waals surface area contributed by atoms with Crippen molar-refractivity contribution in [1.82, 2.24) is 25.4 Å². The third kappa shape index (κ3) is 6.80. The van der Waals surface area contributed by atoms with Gasteiger partial charge < -0.3 is 19.9 Å². The van der Waals surface area contributed by atoms with E-state index in [2.05, 4.69) is 38.0 Å². The molecule has 7 nitrogen and oxygen atoms in total. The molecule has 0 unspecified atom stereocenters. The van der Waals surface area contributed by atoms with Gasteiger partial charge in [0, 0.05) is 20.1 Å². The van der Waals surface area contributed by atoms with Gasteiger partial charge in [-0.15, -0.1) is 10.2 Å². The van der Waals surface area contributed by atoms with Gasteiger partial charge >= 0.3 is 0 Å². The van der Waals surface area contributed by atoms with Crippen LogP contribution in [0.4, 0.5) is 4.39 Å². The molecule has 0 spiro atoms. The molecule has 3 aromatic rings. The van der Waals surface area contributed by atoms with Gasteiger partial charge in [-0.05, 0) is 55.2 Å². The minimum Gasteiger partial charge on any atom is -0.497 e. The number of nitrogens with one attached hydrogen (secondary N) is 2. The SMILES string of the molecule is COc1ccc(CCNC(=NCc2nnc(C)n2C)NCCc2ccc(F)cc2)cc1. The first kappa shape index (κ1) is 22.3. The Bertz CT molecular complexity index is 982. The van der Waals surface area contributed by atoms with Gasteiger partial charge in [0.1, 0.15) is 23.9 Å². The van der Waals surface area contributed by atoms with Gasteiger partial charge in [0.2, 0.25) is 0 Å². The lowest BCUT2D eigenvalue weighted by Gasteiger charge is -2.13. The van der Waals surface area contributed by atoms with Crippen LogP contribution in [0.3, 0.4) is 0 Å². The lowest BCUT2D eigenvalue weighted by atomic mass is 10.1. The van der Waals surface area contributed by atoms with Crippen LogP contribution in [0, 0.1) is 12.7 Å². The van der Waals surface area contributed by atoms with Gasteiger partial charge in [-0.3, -0.25) is 0 Å². The molecular weight excluding hydrogens is 395 g/mol. The van der Waals surface area contributed by atoms with Crippen molar-refractivity contribution in [2.24, 2.45) is 12.0 Å². The van der Waals surface area contributed by atoms with Crippen LogP contribution in [0.5, 0.6) is 5.75 Å². The molecule has 2 N–H and O–H groups in total. The molecule has 0 fully saturated rings. The molecule has 0 aliphatic rings. The predicted octanol–water partition coefficient (Wildman–Crippen LogP) is 2.79. The number of rotatable bonds is 9. The van der Waals surface area contributed by atoms with E-state index in [1.54, 1.807) is 19.2 Å². The fourth-order valence-corrected chi connectivity index (χ4v) is 3.01. The number of halogens is 1. The second-order valence-electron chi connectivity index (χ2n) is 7.22. The van der Waals surface area contributed by atoms with Crippen molar-refractivity contribution in [3.8, 4) is 5.75 Å². The number of ether oxygens (including phenoxy) is 1. The van der Waals surface area contributed by atoms with Crippen molar-refractivity contribution in [2.45, 2.75) is 26.3 Å². The first-order valence-electron chi connectivity index (χ1n) is 10.3. The van der Waals surface area contributed by atoms with Crippen LogP contribution in [0.25, 0.3) is 0 Å². The molecule has 8 heteroatoms. The summed E-state index contributed by atoms with van der Waals surface area (Å²) in [6.45, 7) is 3.74. The van der Waals surface area contributed by atoms with E-state index in [1.807, 2.05) is 30.7 Å². The van der Waals surface area contributed by atoms with Gasteiger partial charge in [-0.25, -0.2) is 9.38 Å². The number of hydrogen-bond donors (Lipinski definition) is 2. The molecule has 3 rings (SSSR count). The Balaban J connectivity index is 1.57. The second-order valence-corrected chi connectivity index (χ2v) is 7.22. The van der Waals surface area contributed by atoms with Crippen LogP contribution in [0.1, 0.15) is 22.8 Å². The molecule has 164 valence electrons. The number of methoxy groups -OCH3 is 1. The lowest BCUT2D eigenvalue weighted by Crippen LogP contribution is -2.39. The van der Waals surface area contributed by atoms with Gasteiger partial charge in [0.25, 0.3) is 0 Å². The van der Waals surface area contributed by atoms with Crippen molar-refractivity contribution in [2.75, 3.05) is 20.2 Å². The van der Waals surface area contributed by atoms with Crippen molar-refractivity contribution >= 4 is 5.96 Å². The minimum atomic E-state index is -0.224. The summed E-state index contributed by atoms with van der Waals surface area (Å²) in [5.74, 6) is 2.98. The summed E-state index contributed by atoms with van der Waals surface area (Å²) >= 11 is 0. The monoisotopic (exact) mass is 424 g/mol. The van der Waals surface area contributed by atoms with Gasteiger partial charge in [-0.2, -0.15) is 0 Å². The normalized spacial score (nSPS) is 11.4. The van der Waals surface area contributed by atoms with Crippen LogP contribution < -0.4 is 15.4 Å². The van der Waals surface area contributed by atoms with Crippen LogP contribution in [0.2, 0.25) is 0 Å². The van der Waals surface area contributed by atoms with E-state index in [0.717, 1.165) is 42.3 Å². The fraction of sp³-hybridized carbons (Fsp3) is 0.348. The Hall–Kier alpha value is -3.42. The first-order valence-corrected chi connectivity index (χ1v) is 10.3. The molecule has 2 aromatic carbocycles. The van der Waals surface area contributed by atoms with E-state index >= 15 is 0 Å². The third-order valence-electron chi connectivity index (χ3n) is 5.05. The summed E-state index contributed by atoms with van der Waals surface area (Å²) in [4.78, 5) is 4.66. The molecule has 31 heavy (non-hydrogen) atoms. The number of aryl methyl sites for hydroxylation is 1. The standard InChI is InChI=1S/C23H29FN6O/c1-17-28-29-22(30(17)2)16-27-23(25-14-12-18-4-8-20(24)9-5-18)26-15-13-19-6-10-21(31-3)11-7-19/h4-11H,12-16H2,1-3H3,(H2,25,26,27). The highest BCUT2D eigenvalue weighted by molar-refractivity contribution is 5.79. The summed E-state index contributed by atoms with van der Waals surface area (Å²) in [5, 5.41) is 15.0. The number of benzene rings is 2. The van der Waals surface area contributed by atoms with E-state index < -0.39 is 0 Å². The van der Waals surface area contributed by atoms with Crippen LogP contribution in [-0.2, 0) is 26.4 Å². The zero-order valence-electron chi connectivity index (χ0n) is 18.2. The zero-order chi connectivity index (χ0) is 22.1. The topological polar surface area (TPSA) is 76.4 Å². The Kier molecular flexibility index (Phi) is 7.98. The first-order chi connectivity index (χ1) is 15.0. The number of nitrogens with zero attached hydrogens (tertiary/aromatic N) is 4. The molecular formula is C23H29FN6O. The molecule has 1 aromatic heterocycles. The van der Waals surface area contributed by atoms with E-state index in [-0.39, 0.29) is 5.82 Å². The largest absolute Gasteiger partial charge is 0.497 e. The highest BCUT2D eigenvalue weighted by Crippen LogP contribution is 2.11. The van der Waals surface area contributed by atoms with Crippen LogP contribution in [-0.4, -0.2) is 40.9 Å². The maximum Gasteiger partial charge on any atom is 0.191 e. The molecule has 0 bridgehead atoms. The Morgan fingerprint density at radius 3 is 2.06 bits per heavy atom. The molecule has 0 saturated carbocycles. The maximum atomic E-state index is 13.1. The maximum absolute atomic E-state index is 13.1. The molecule has 0 aliphatic heterocycles. The van der Waals surface area contributed by atoms with Gasteiger partial charge in [-0.1, -0.05) is 24.3 Å². The summed E-state index contributed by atoms with van der Waals surface area (Å²) < 4.78 is 20.2. The summed E-state index contributed by atoms with van der Waals surface area (Å²) in [6, 6.07) is 14.6. The minimum absolute atomic E-state index is 0.224. The number of aromatic nitrogens is 3. The summed E-state index contributed by atoms with van der Waals surface area (Å²) in [7, 11) is 3.59. The lowest BCUT2D eigenvalue weighted by molar-refractivity contribution is 0.414. The zero-order valence-corrected chi connectivity index (χ0v) is 18.2. The molecule has 0 radical (unpaired) electrons. The molecule has 0 saturated heterocycles. The average molecular weight is 425 g/mol. The Morgan fingerprint density at radius 1 is 0.968 bits per heavy atom. The van der Waals surface area contributed by atoms with Crippen molar-refractivity contribution in [3.63, 3.8) is 0 Å². The average Bonchev–Trinajstić information content (AvgIpc) is 3.11. The highest BCUT2D eigenvalue weighted by Gasteiger charge is 2.06. The van der Waals surface area contributed by atoms with Crippen molar-refractivity contribution in [1.29, 1.82) is 0 Å². The van der Waals surface area contributed by atoms with E-state index in [1.165, 1.54) is 17.7 Å². The summed E-state index contributed by atoms with van der Waals surface area (Å²) in [6.07, 6.45) is 1.62. The highest BCUT2D eigenvalue weighted by atomic mass is 19.1. The van der Waals surface area contributed by atoms with E-state index in [9.17, 15) is 4.39 Å². The quantitative estimate of drug-likeness (QED) is 0.408. The van der Waals surface area contributed by atoms with Crippen LogP contribution >= 0.6 is 0 Å². The van der Waals surface area contributed by atoms with Crippen molar-refractivity contribution in [3.05, 3.63) is 77.1 Å². The smallest absolute Gasteiger partial charge is 0.191 e. The summed E-state index contributed by atoms with van der Waals surface area (Å²) in [5.41, 5.74) is 2.28. The molecule has 0 aliphatic carbocycles. The Morgan fingerprint density at radius 2 is 1.55 bits per heavy atom. The van der Waals surface area contributed by atoms with Gasteiger partial charge in [0.15, 0.2) is 11.8 Å².